The summed E-state index contributed by atoms with van der Waals surface area (Å²) in [5.74, 6) is -0.923. The molecule has 17 heavy (non-hydrogen) atoms. The van der Waals surface area contributed by atoms with Crippen molar-refractivity contribution in [2.75, 3.05) is 6.54 Å². The molecular formula is C11H14N2O3S. The number of carboxylic acids is 1. The van der Waals surface area contributed by atoms with Crippen molar-refractivity contribution in [3.63, 3.8) is 0 Å². The molecule has 0 bridgehead atoms. The minimum Gasteiger partial charge on any atom is -0.480 e. The summed E-state index contributed by atoms with van der Waals surface area (Å²) in [5, 5.41) is 15.6. The topological polar surface area (TPSA) is 69.6 Å². The molecule has 1 aliphatic rings. The third-order valence-corrected chi connectivity index (χ3v) is 3.55. The van der Waals surface area contributed by atoms with Crippen LogP contribution in [0.3, 0.4) is 0 Å². The summed E-state index contributed by atoms with van der Waals surface area (Å²) in [6.45, 7) is 0.970. The Labute approximate surface area is 103 Å². The second-order valence-corrected chi connectivity index (χ2v) is 4.76. The van der Waals surface area contributed by atoms with Crippen molar-refractivity contribution in [2.24, 2.45) is 0 Å². The van der Waals surface area contributed by atoms with Gasteiger partial charge in [-0.25, -0.2) is 9.59 Å². The SMILES string of the molecule is O=C(O)[C@H]1CCCN1C(=O)NCc1ccsc1. The van der Waals surface area contributed by atoms with Crippen LogP contribution in [0.4, 0.5) is 4.79 Å². The predicted octanol–water partition coefficient (Wildman–Crippen LogP) is 1.51. The third kappa shape index (κ3) is 2.76. The summed E-state index contributed by atoms with van der Waals surface area (Å²) in [7, 11) is 0. The van der Waals surface area contributed by atoms with Crippen molar-refractivity contribution >= 4 is 23.3 Å². The van der Waals surface area contributed by atoms with Gasteiger partial charge in [-0.1, -0.05) is 0 Å². The van der Waals surface area contributed by atoms with Gasteiger partial charge in [0.15, 0.2) is 0 Å². The monoisotopic (exact) mass is 254 g/mol. The first-order valence-corrected chi connectivity index (χ1v) is 6.41. The van der Waals surface area contributed by atoms with Gasteiger partial charge in [0, 0.05) is 13.1 Å². The van der Waals surface area contributed by atoms with E-state index in [0.29, 0.717) is 19.5 Å². The van der Waals surface area contributed by atoms with Crippen LogP contribution in [0.25, 0.3) is 0 Å². The van der Waals surface area contributed by atoms with Crippen LogP contribution in [0.2, 0.25) is 0 Å². The number of nitrogens with zero attached hydrogens (tertiary/aromatic N) is 1. The first-order valence-electron chi connectivity index (χ1n) is 5.47. The Hall–Kier alpha value is -1.56. The summed E-state index contributed by atoms with van der Waals surface area (Å²) < 4.78 is 0. The fourth-order valence-electron chi connectivity index (χ4n) is 1.94. The molecule has 1 aromatic heterocycles. The van der Waals surface area contributed by atoms with Crippen LogP contribution in [0.5, 0.6) is 0 Å². The lowest BCUT2D eigenvalue weighted by Crippen LogP contribution is -2.45. The van der Waals surface area contributed by atoms with Crippen molar-refractivity contribution in [1.29, 1.82) is 0 Å². The molecule has 2 rings (SSSR count). The van der Waals surface area contributed by atoms with Gasteiger partial charge in [-0.15, -0.1) is 0 Å². The molecule has 92 valence electrons. The lowest BCUT2D eigenvalue weighted by molar-refractivity contribution is -0.141. The van der Waals surface area contributed by atoms with Crippen LogP contribution in [0.1, 0.15) is 18.4 Å². The number of carboxylic acid groups (broad SMARTS) is 1. The Balaban J connectivity index is 1.89. The van der Waals surface area contributed by atoms with E-state index < -0.39 is 12.0 Å². The quantitative estimate of drug-likeness (QED) is 0.859. The lowest BCUT2D eigenvalue weighted by Gasteiger charge is -2.21. The van der Waals surface area contributed by atoms with Crippen molar-refractivity contribution in [3.8, 4) is 0 Å². The van der Waals surface area contributed by atoms with Crippen LogP contribution in [-0.2, 0) is 11.3 Å². The van der Waals surface area contributed by atoms with E-state index in [-0.39, 0.29) is 6.03 Å². The Morgan fingerprint density at radius 1 is 1.59 bits per heavy atom. The Bertz CT molecular complexity index is 405. The maximum Gasteiger partial charge on any atom is 0.326 e. The molecule has 0 spiro atoms. The van der Waals surface area contributed by atoms with Gasteiger partial charge in [-0.05, 0) is 35.2 Å². The molecule has 6 heteroatoms. The van der Waals surface area contributed by atoms with Gasteiger partial charge in [0.05, 0.1) is 0 Å². The van der Waals surface area contributed by atoms with Gasteiger partial charge in [0.2, 0.25) is 0 Å². The number of nitrogens with one attached hydrogen (secondary N) is 1. The number of hydrogen-bond acceptors (Lipinski definition) is 3. The maximum atomic E-state index is 11.8. The number of hydrogen-bond donors (Lipinski definition) is 2. The highest BCUT2D eigenvalue weighted by Crippen LogP contribution is 2.17. The van der Waals surface area contributed by atoms with Crippen LogP contribution in [0, 0.1) is 0 Å². The minimum atomic E-state index is -0.923. The highest BCUT2D eigenvalue weighted by atomic mass is 32.1. The molecule has 2 amide bonds. The smallest absolute Gasteiger partial charge is 0.326 e. The zero-order valence-electron chi connectivity index (χ0n) is 9.26. The molecule has 0 radical (unpaired) electrons. The first-order chi connectivity index (χ1) is 8.18. The number of urea groups is 1. The summed E-state index contributed by atoms with van der Waals surface area (Å²) in [6, 6.07) is 0.974. The van der Waals surface area contributed by atoms with Crippen molar-refractivity contribution in [1.82, 2.24) is 10.2 Å². The molecule has 1 aliphatic heterocycles. The van der Waals surface area contributed by atoms with Crippen LogP contribution in [0.15, 0.2) is 16.8 Å². The summed E-state index contributed by atoms with van der Waals surface area (Å²) in [5.41, 5.74) is 1.04. The molecule has 1 atom stereocenters. The predicted molar refractivity (Wildman–Crippen MR) is 63.9 cm³/mol. The maximum absolute atomic E-state index is 11.8. The van der Waals surface area contributed by atoms with E-state index in [9.17, 15) is 9.59 Å². The molecule has 0 aliphatic carbocycles. The van der Waals surface area contributed by atoms with Crippen molar-refractivity contribution in [3.05, 3.63) is 22.4 Å². The van der Waals surface area contributed by atoms with Gasteiger partial charge >= 0.3 is 12.0 Å². The van der Waals surface area contributed by atoms with Crippen molar-refractivity contribution < 1.29 is 14.7 Å². The van der Waals surface area contributed by atoms with Crippen LogP contribution < -0.4 is 5.32 Å². The zero-order chi connectivity index (χ0) is 12.3. The second kappa shape index (κ2) is 5.18. The molecule has 2 heterocycles. The van der Waals surface area contributed by atoms with E-state index in [1.807, 2.05) is 16.8 Å². The highest BCUT2D eigenvalue weighted by molar-refractivity contribution is 7.07. The van der Waals surface area contributed by atoms with Gasteiger partial charge in [0.25, 0.3) is 0 Å². The van der Waals surface area contributed by atoms with E-state index in [2.05, 4.69) is 5.32 Å². The summed E-state index contributed by atoms with van der Waals surface area (Å²) in [6.07, 6.45) is 1.30. The van der Waals surface area contributed by atoms with E-state index in [1.165, 1.54) is 4.90 Å². The first kappa shape index (κ1) is 11.9. The third-order valence-electron chi connectivity index (χ3n) is 2.82. The standard InChI is InChI=1S/C11H14N2O3S/c14-10(15)9-2-1-4-13(9)11(16)12-6-8-3-5-17-7-8/h3,5,7,9H,1-2,4,6H2,(H,12,16)(H,14,15)/t9-/m1/s1. The van der Waals surface area contributed by atoms with E-state index in [0.717, 1.165) is 12.0 Å². The molecular weight excluding hydrogens is 240 g/mol. The molecule has 1 saturated heterocycles. The number of likely N-dealkylation sites (tertiary alicyclic amines) is 1. The normalized spacial score (nSPS) is 19.3. The lowest BCUT2D eigenvalue weighted by atomic mass is 10.2. The Kier molecular flexibility index (Phi) is 3.63. The van der Waals surface area contributed by atoms with Crippen LogP contribution >= 0.6 is 11.3 Å². The number of amides is 2. The van der Waals surface area contributed by atoms with E-state index in [1.54, 1.807) is 11.3 Å². The number of aliphatic carboxylic acids is 1. The van der Waals surface area contributed by atoms with Gasteiger partial charge in [-0.2, -0.15) is 11.3 Å². The molecule has 5 nitrogen and oxygen atoms in total. The average Bonchev–Trinajstić information content (AvgIpc) is 2.96. The molecule has 0 saturated carbocycles. The summed E-state index contributed by atoms with van der Waals surface area (Å²) in [4.78, 5) is 24.1. The molecule has 2 N–H and O–H groups in total. The molecule has 0 unspecified atom stereocenters. The highest BCUT2D eigenvalue weighted by Gasteiger charge is 2.33. The van der Waals surface area contributed by atoms with Gasteiger partial charge in [-0.3, -0.25) is 0 Å². The van der Waals surface area contributed by atoms with Crippen molar-refractivity contribution in [2.45, 2.75) is 25.4 Å². The van der Waals surface area contributed by atoms with Gasteiger partial charge < -0.3 is 15.3 Å². The molecule has 1 fully saturated rings. The number of thiophene rings is 1. The fraction of sp³-hybridized carbons (Fsp3) is 0.455. The Morgan fingerprint density at radius 2 is 2.41 bits per heavy atom. The van der Waals surface area contributed by atoms with E-state index in [4.69, 9.17) is 5.11 Å². The summed E-state index contributed by atoms with van der Waals surface area (Å²) >= 11 is 1.57. The molecule has 0 aromatic carbocycles. The number of rotatable bonds is 3. The largest absolute Gasteiger partial charge is 0.480 e. The number of carbonyl (C=O) groups excluding carboxylic acids is 1. The number of carbonyl (C=O) groups is 2. The average molecular weight is 254 g/mol. The van der Waals surface area contributed by atoms with Gasteiger partial charge in [0.1, 0.15) is 6.04 Å². The second-order valence-electron chi connectivity index (χ2n) is 3.98. The zero-order valence-corrected chi connectivity index (χ0v) is 10.1. The van der Waals surface area contributed by atoms with E-state index >= 15 is 0 Å². The molecule has 1 aromatic rings. The fourth-order valence-corrected chi connectivity index (χ4v) is 2.61. The minimum absolute atomic E-state index is 0.291. The Morgan fingerprint density at radius 3 is 3.06 bits per heavy atom. The van der Waals surface area contributed by atoms with Crippen LogP contribution in [-0.4, -0.2) is 34.6 Å².